The third kappa shape index (κ3) is 5.22. The molecule has 210 valence electrons. The van der Waals surface area contributed by atoms with Gasteiger partial charge in [-0.25, -0.2) is 0 Å². The number of nitro groups is 1. The number of piperazine rings is 1. The highest BCUT2D eigenvalue weighted by Crippen LogP contribution is 2.44. The zero-order chi connectivity index (χ0) is 28.5. The molecule has 0 spiro atoms. The molecule has 3 aromatic carbocycles. The van der Waals surface area contributed by atoms with E-state index in [-0.39, 0.29) is 28.7 Å². The maximum absolute atomic E-state index is 14.7. The van der Waals surface area contributed by atoms with Crippen LogP contribution in [0, 0.1) is 10.1 Å². The number of aromatic nitrogens is 1. The summed E-state index contributed by atoms with van der Waals surface area (Å²) in [6, 6.07) is 20.3. The van der Waals surface area contributed by atoms with Crippen LogP contribution in [0.15, 0.2) is 79.0 Å². The quantitative estimate of drug-likeness (QED) is 0.239. The molecule has 0 saturated carbocycles. The number of ether oxygens (including phenoxy) is 1. The van der Waals surface area contributed by atoms with E-state index in [2.05, 4.69) is 0 Å². The van der Waals surface area contributed by atoms with Crippen LogP contribution in [0.1, 0.15) is 11.1 Å². The van der Waals surface area contributed by atoms with Crippen molar-refractivity contribution in [1.82, 2.24) is 9.47 Å². The minimum Gasteiger partial charge on any atom is -0.495 e. The van der Waals surface area contributed by atoms with Gasteiger partial charge in [-0.2, -0.15) is 13.2 Å². The Morgan fingerprint density at radius 2 is 1.65 bits per heavy atom. The topological polar surface area (TPSA) is 84.0 Å². The molecule has 1 aromatic heterocycles. The maximum atomic E-state index is 14.7. The van der Waals surface area contributed by atoms with Crippen LogP contribution >= 0.6 is 0 Å². The molecule has 8 nitrogen and oxygen atoms in total. The molecule has 0 aliphatic carbocycles. The first kappa shape index (κ1) is 27.5. The van der Waals surface area contributed by atoms with Crippen LogP contribution in [0.4, 0.5) is 24.5 Å². The molecule has 1 N–H and O–H groups in total. The predicted molar refractivity (Wildman–Crippen MR) is 146 cm³/mol. The second-order valence-corrected chi connectivity index (χ2v) is 9.91. The highest BCUT2D eigenvalue weighted by molar-refractivity contribution is 5.87. The largest absolute Gasteiger partial charge is 0.495 e. The van der Waals surface area contributed by atoms with Gasteiger partial charge in [-0.3, -0.25) is 15.0 Å². The van der Waals surface area contributed by atoms with Gasteiger partial charge in [-0.05, 0) is 23.8 Å². The van der Waals surface area contributed by atoms with Gasteiger partial charge in [0, 0.05) is 68.5 Å². The van der Waals surface area contributed by atoms with Gasteiger partial charge in [0.05, 0.1) is 23.2 Å². The Bertz CT molecular complexity index is 1500. The molecular formula is C29H29F3N4O4. The number of hydrogen-bond acceptors (Lipinski definition) is 6. The third-order valence-corrected chi connectivity index (χ3v) is 7.44. The van der Waals surface area contributed by atoms with E-state index in [9.17, 15) is 28.4 Å². The lowest BCUT2D eigenvalue weighted by atomic mass is 9.91. The molecule has 1 unspecified atom stereocenters. The number of fused-ring (bicyclic) bond motifs is 1. The van der Waals surface area contributed by atoms with Crippen molar-refractivity contribution in [2.75, 3.05) is 44.7 Å². The number of non-ortho nitro benzene ring substituents is 1. The van der Waals surface area contributed by atoms with Crippen molar-refractivity contribution in [1.29, 1.82) is 0 Å². The Morgan fingerprint density at radius 1 is 0.975 bits per heavy atom. The number of halogens is 3. The van der Waals surface area contributed by atoms with Crippen LogP contribution in [0.25, 0.3) is 10.9 Å². The summed E-state index contributed by atoms with van der Waals surface area (Å²) >= 11 is 0. The number of anilines is 1. The zero-order valence-electron chi connectivity index (χ0n) is 21.8. The summed E-state index contributed by atoms with van der Waals surface area (Å²) < 4.78 is 51.2. The van der Waals surface area contributed by atoms with Crippen molar-refractivity contribution in [2.24, 2.45) is 0 Å². The van der Waals surface area contributed by atoms with Crippen LogP contribution in [-0.4, -0.2) is 65.5 Å². The number of aliphatic hydroxyl groups is 1. The van der Waals surface area contributed by atoms with Crippen LogP contribution in [0.3, 0.4) is 0 Å². The average molecular weight is 555 g/mol. The number of nitro benzene ring substituents is 1. The van der Waals surface area contributed by atoms with Gasteiger partial charge in [-0.1, -0.05) is 42.5 Å². The number of alkyl halides is 3. The molecule has 11 heteroatoms. The first-order valence-electron chi connectivity index (χ1n) is 12.8. The Balaban J connectivity index is 1.48. The first-order valence-corrected chi connectivity index (χ1v) is 12.8. The van der Waals surface area contributed by atoms with Gasteiger partial charge in [0.1, 0.15) is 5.75 Å². The second-order valence-electron chi connectivity index (χ2n) is 9.91. The van der Waals surface area contributed by atoms with Crippen molar-refractivity contribution in [3.8, 4) is 5.75 Å². The van der Waals surface area contributed by atoms with Gasteiger partial charge >= 0.3 is 6.18 Å². The summed E-state index contributed by atoms with van der Waals surface area (Å²) in [5, 5.41) is 23.0. The molecule has 0 amide bonds. The van der Waals surface area contributed by atoms with E-state index in [0.717, 1.165) is 11.3 Å². The third-order valence-electron chi connectivity index (χ3n) is 7.44. The van der Waals surface area contributed by atoms with E-state index in [0.29, 0.717) is 31.9 Å². The minimum absolute atomic E-state index is 0.119. The number of benzene rings is 3. The van der Waals surface area contributed by atoms with E-state index in [4.69, 9.17) is 4.74 Å². The Morgan fingerprint density at radius 3 is 2.30 bits per heavy atom. The molecule has 1 fully saturated rings. The smallest absolute Gasteiger partial charge is 0.422 e. The fourth-order valence-electron chi connectivity index (χ4n) is 5.32. The maximum Gasteiger partial charge on any atom is 0.422 e. The highest BCUT2D eigenvalue weighted by Gasteiger charge is 2.57. The van der Waals surface area contributed by atoms with Gasteiger partial charge < -0.3 is 19.3 Å². The molecule has 1 aliphatic rings. The van der Waals surface area contributed by atoms with Gasteiger partial charge in [-0.15, -0.1) is 0 Å². The molecule has 5 rings (SSSR count). The highest BCUT2D eigenvalue weighted by atomic mass is 19.4. The number of para-hydroxylation sites is 2. The second kappa shape index (κ2) is 10.8. The number of hydrogen-bond donors (Lipinski definition) is 1. The lowest BCUT2D eigenvalue weighted by molar-refractivity contribution is -0.384. The molecule has 0 radical (unpaired) electrons. The normalized spacial score (nSPS) is 16.2. The minimum atomic E-state index is -5.00. The van der Waals surface area contributed by atoms with Crippen LogP contribution < -0.4 is 9.64 Å². The van der Waals surface area contributed by atoms with E-state index in [1.54, 1.807) is 24.1 Å². The molecule has 0 bridgehead atoms. The van der Waals surface area contributed by atoms with Crippen molar-refractivity contribution >= 4 is 22.3 Å². The van der Waals surface area contributed by atoms with Crippen molar-refractivity contribution < 1.29 is 27.9 Å². The summed E-state index contributed by atoms with van der Waals surface area (Å²) in [4.78, 5) is 14.5. The van der Waals surface area contributed by atoms with Crippen molar-refractivity contribution in [2.45, 2.75) is 18.3 Å². The molecular weight excluding hydrogens is 525 g/mol. The van der Waals surface area contributed by atoms with Crippen LogP contribution in [-0.2, 0) is 12.1 Å². The fourth-order valence-corrected chi connectivity index (χ4v) is 5.32. The van der Waals surface area contributed by atoms with Crippen LogP contribution in [0.2, 0.25) is 0 Å². The summed E-state index contributed by atoms with van der Waals surface area (Å²) in [5.41, 5.74) is -1.85. The molecule has 1 aliphatic heterocycles. The lowest BCUT2D eigenvalue weighted by Gasteiger charge is -2.41. The predicted octanol–water partition coefficient (Wildman–Crippen LogP) is 5.18. The molecule has 40 heavy (non-hydrogen) atoms. The lowest BCUT2D eigenvalue weighted by Crippen LogP contribution is -2.55. The summed E-state index contributed by atoms with van der Waals surface area (Å²) in [6.07, 6.45) is -3.72. The standard InChI is InChI=1S/C29H29F3N4O4/c1-40-27-10-6-5-9-25(27)34-15-13-33(14-16-34)20-28(37,29(30,31)32)24-19-35(18-21-7-3-2-4-8-21)26-17-22(36(38)39)11-12-23(24)26/h2-12,17,19,37H,13-16,18,20H2,1H3. The Labute approximate surface area is 229 Å². The molecule has 1 saturated heterocycles. The summed E-state index contributed by atoms with van der Waals surface area (Å²) in [5.74, 6) is 0.683. The average Bonchev–Trinajstić information content (AvgIpc) is 3.31. The first-order chi connectivity index (χ1) is 19.1. The summed E-state index contributed by atoms with van der Waals surface area (Å²) in [7, 11) is 1.57. The fraction of sp³-hybridized carbons (Fsp3) is 0.310. The van der Waals surface area contributed by atoms with E-state index in [1.807, 2.05) is 47.4 Å². The number of rotatable bonds is 8. The van der Waals surface area contributed by atoms with Crippen molar-refractivity contribution in [3.63, 3.8) is 0 Å². The van der Waals surface area contributed by atoms with E-state index < -0.39 is 23.2 Å². The Hall–Kier alpha value is -4.09. The molecule has 4 aromatic rings. The summed E-state index contributed by atoms with van der Waals surface area (Å²) in [6.45, 7) is 1.02. The zero-order valence-corrected chi connectivity index (χ0v) is 21.8. The van der Waals surface area contributed by atoms with Gasteiger partial charge in [0.2, 0.25) is 5.60 Å². The van der Waals surface area contributed by atoms with Crippen LogP contribution in [0.5, 0.6) is 5.75 Å². The monoisotopic (exact) mass is 554 g/mol. The number of methoxy groups -OCH3 is 1. The number of β-amino-alcohol motifs (C(OH)–C–C–N with tert-alkyl or cyclic N) is 1. The SMILES string of the molecule is COc1ccccc1N1CCN(CC(O)(c2cn(Cc3ccccc3)c3cc([N+](=O)[O-])ccc23)C(F)(F)F)CC1. The number of nitrogens with zero attached hydrogens (tertiary/aromatic N) is 4. The van der Waals surface area contributed by atoms with E-state index in [1.165, 1.54) is 29.0 Å². The molecule has 2 heterocycles. The van der Waals surface area contributed by atoms with Crippen molar-refractivity contribution in [3.05, 3.63) is 100 Å². The van der Waals surface area contributed by atoms with Gasteiger partial charge in [0.15, 0.2) is 0 Å². The van der Waals surface area contributed by atoms with E-state index >= 15 is 0 Å². The Kier molecular flexibility index (Phi) is 7.43. The van der Waals surface area contributed by atoms with Gasteiger partial charge in [0.25, 0.3) is 5.69 Å². The molecule has 1 atom stereocenters.